The van der Waals surface area contributed by atoms with Gasteiger partial charge in [-0.2, -0.15) is 17.6 Å². The predicted octanol–water partition coefficient (Wildman–Crippen LogP) is 2.78. The number of carbonyl (C=O) groups excluding carboxylic acids is 1. The van der Waals surface area contributed by atoms with Crippen molar-refractivity contribution >= 4 is 21.8 Å². The Balaban J connectivity index is 2.55. The first-order valence-corrected chi connectivity index (χ1v) is 5.59. The average Bonchev–Trinajstić information content (AvgIpc) is 2.28. The minimum atomic E-state index is -4.55. The molecule has 1 amide bonds. The Morgan fingerprint density at radius 3 is 2.53 bits per heavy atom. The summed E-state index contributed by atoms with van der Waals surface area (Å²) in [6.45, 7) is -2.38. The van der Waals surface area contributed by atoms with E-state index < -0.39 is 42.6 Å². The molecule has 1 N–H and O–H groups in total. The maximum atomic E-state index is 13.2. The monoisotopic (exact) mass is 347 g/mol. The zero-order valence-electron chi connectivity index (χ0n) is 9.15. The maximum absolute atomic E-state index is 13.2. The third-order valence-corrected chi connectivity index (χ3v) is 2.26. The number of hydrogen-bond donors (Lipinski definition) is 1. The highest BCUT2D eigenvalue weighted by Gasteiger charge is 2.27. The summed E-state index contributed by atoms with van der Waals surface area (Å²) in [4.78, 5) is 11.0. The van der Waals surface area contributed by atoms with Crippen molar-refractivity contribution in [1.82, 2.24) is 5.32 Å². The van der Waals surface area contributed by atoms with Crippen LogP contribution in [0.3, 0.4) is 0 Å². The summed E-state index contributed by atoms with van der Waals surface area (Å²) in [6.07, 6.45) is -4.55. The van der Waals surface area contributed by atoms with Gasteiger partial charge in [0, 0.05) is 4.47 Å². The minimum Gasteiger partial charge on any atom is -0.481 e. The molecule has 0 aliphatic rings. The molecule has 0 fully saturated rings. The van der Waals surface area contributed by atoms with E-state index >= 15 is 0 Å². The first-order chi connectivity index (χ1) is 8.69. The molecule has 106 valence electrons. The van der Waals surface area contributed by atoms with Crippen LogP contribution in [0.1, 0.15) is 0 Å². The zero-order valence-corrected chi connectivity index (χ0v) is 10.7. The lowest BCUT2D eigenvalue weighted by molar-refractivity contribution is -0.139. The summed E-state index contributed by atoms with van der Waals surface area (Å²) in [5.41, 5.74) is 0. The molecule has 0 aromatic heterocycles. The van der Waals surface area contributed by atoms with Gasteiger partial charge in [0.1, 0.15) is 6.54 Å². The normalized spacial score (nSPS) is 11.3. The summed E-state index contributed by atoms with van der Waals surface area (Å²) in [5, 5.41) is 1.52. The molecule has 0 unspecified atom stereocenters. The van der Waals surface area contributed by atoms with Crippen LogP contribution >= 0.6 is 15.9 Å². The van der Waals surface area contributed by atoms with Crippen LogP contribution in [0.4, 0.5) is 22.0 Å². The van der Waals surface area contributed by atoms with Gasteiger partial charge in [-0.05, 0) is 12.1 Å². The molecule has 0 saturated heterocycles. The molecule has 0 aliphatic heterocycles. The number of alkyl halides is 3. The van der Waals surface area contributed by atoms with Crippen LogP contribution in [0, 0.1) is 11.6 Å². The Bertz CT molecular complexity index is 478. The molecule has 19 heavy (non-hydrogen) atoms. The Hall–Kier alpha value is -1.38. The topological polar surface area (TPSA) is 38.3 Å². The first-order valence-electron chi connectivity index (χ1n) is 4.80. The molecule has 9 heteroatoms. The van der Waals surface area contributed by atoms with Crippen molar-refractivity contribution in [1.29, 1.82) is 0 Å². The number of benzene rings is 1. The summed E-state index contributed by atoms with van der Waals surface area (Å²) >= 11 is 2.88. The van der Waals surface area contributed by atoms with Gasteiger partial charge < -0.3 is 10.1 Å². The second kappa shape index (κ2) is 6.18. The van der Waals surface area contributed by atoms with E-state index in [1.54, 1.807) is 0 Å². The molecule has 3 nitrogen and oxygen atoms in total. The van der Waals surface area contributed by atoms with Crippen LogP contribution in [0.15, 0.2) is 16.6 Å². The molecule has 1 aromatic carbocycles. The minimum absolute atomic E-state index is 0.164. The fraction of sp³-hybridized carbons (Fsp3) is 0.300. The lowest BCUT2D eigenvalue weighted by atomic mass is 10.3. The van der Waals surface area contributed by atoms with Crippen molar-refractivity contribution in [2.45, 2.75) is 6.18 Å². The fourth-order valence-electron chi connectivity index (χ4n) is 1.03. The molecule has 0 spiro atoms. The number of halogens is 6. The van der Waals surface area contributed by atoms with E-state index in [2.05, 4.69) is 20.7 Å². The van der Waals surface area contributed by atoms with Crippen LogP contribution in [0.25, 0.3) is 0 Å². The molecule has 0 aliphatic carbocycles. The lowest BCUT2D eigenvalue weighted by Crippen LogP contribution is -2.36. The molecular weight excluding hydrogens is 341 g/mol. The van der Waals surface area contributed by atoms with Gasteiger partial charge in [0.15, 0.2) is 18.2 Å². The van der Waals surface area contributed by atoms with Gasteiger partial charge in [0.25, 0.3) is 5.91 Å². The van der Waals surface area contributed by atoms with Crippen molar-refractivity contribution < 1.29 is 31.5 Å². The molecule has 1 aromatic rings. The highest BCUT2D eigenvalue weighted by Crippen LogP contribution is 2.25. The fourth-order valence-corrected chi connectivity index (χ4v) is 1.44. The summed E-state index contributed by atoms with van der Waals surface area (Å²) < 4.78 is 66.2. The van der Waals surface area contributed by atoms with Gasteiger partial charge in [-0.1, -0.05) is 15.9 Å². The number of carbonyl (C=O) groups is 1. The summed E-state index contributed by atoms with van der Waals surface area (Å²) in [6, 6.07) is 1.89. The van der Waals surface area contributed by atoms with Gasteiger partial charge in [0.2, 0.25) is 5.82 Å². The van der Waals surface area contributed by atoms with Gasteiger partial charge in [-0.3, -0.25) is 4.79 Å². The summed E-state index contributed by atoms with van der Waals surface area (Å²) in [7, 11) is 0. The average molecular weight is 348 g/mol. The van der Waals surface area contributed by atoms with Crippen molar-refractivity contribution in [3.63, 3.8) is 0 Å². The largest absolute Gasteiger partial charge is 0.481 e. The molecule has 0 heterocycles. The van der Waals surface area contributed by atoms with Crippen molar-refractivity contribution in [2.24, 2.45) is 0 Å². The second-order valence-corrected chi connectivity index (χ2v) is 4.30. The smallest absolute Gasteiger partial charge is 0.405 e. The zero-order chi connectivity index (χ0) is 14.6. The molecule has 0 radical (unpaired) electrons. The van der Waals surface area contributed by atoms with E-state index in [0.717, 1.165) is 12.1 Å². The highest BCUT2D eigenvalue weighted by atomic mass is 79.9. The number of nitrogens with one attached hydrogen (secondary N) is 1. The third-order valence-electron chi connectivity index (χ3n) is 1.80. The Kier molecular flexibility index (Phi) is 5.10. The molecule has 0 atom stereocenters. The van der Waals surface area contributed by atoms with Crippen LogP contribution in [0.5, 0.6) is 5.75 Å². The van der Waals surface area contributed by atoms with Crippen molar-refractivity contribution in [3.8, 4) is 5.75 Å². The van der Waals surface area contributed by atoms with Crippen LogP contribution in [-0.2, 0) is 4.79 Å². The van der Waals surface area contributed by atoms with Crippen LogP contribution < -0.4 is 10.1 Å². The van der Waals surface area contributed by atoms with E-state index in [9.17, 15) is 26.7 Å². The number of hydrogen-bond acceptors (Lipinski definition) is 2. The number of ether oxygens (including phenoxy) is 1. The van der Waals surface area contributed by atoms with Crippen molar-refractivity contribution in [2.75, 3.05) is 13.2 Å². The van der Waals surface area contributed by atoms with E-state index in [-0.39, 0.29) is 4.47 Å². The second-order valence-electron chi connectivity index (χ2n) is 3.38. The Labute approximate surface area is 112 Å². The van der Waals surface area contributed by atoms with Crippen LogP contribution in [-0.4, -0.2) is 25.2 Å². The molecule has 1 rings (SSSR count). The van der Waals surface area contributed by atoms with Gasteiger partial charge in [-0.15, -0.1) is 0 Å². The summed E-state index contributed by atoms with van der Waals surface area (Å²) in [5.74, 6) is -4.21. The maximum Gasteiger partial charge on any atom is 0.405 e. The molecular formula is C10H7BrF5NO2. The Morgan fingerprint density at radius 1 is 1.32 bits per heavy atom. The van der Waals surface area contributed by atoms with E-state index in [1.165, 1.54) is 5.32 Å². The Morgan fingerprint density at radius 2 is 1.95 bits per heavy atom. The third kappa shape index (κ3) is 5.41. The molecule has 0 bridgehead atoms. The van der Waals surface area contributed by atoms with E-state index in [4.69, 9.17) is 0 Å². The number of amides is 1. The van der Waals surface area contributed by atoms with Gasteiger partial charge in [-0.25, -0.2) is 4.39 Å². The number of rotatable bonds is 4. The first kappa shape index (κ1) is 15.7. The van der Waals surface area contributed by atoms with Crippen LogP contribution in [0.2, 0.25) is 0 Å². The van der Waals surface area contributed by atoms with E-state index in [0.29, 0.717) is 0 Å². The van der Waals surface area contributed by atoms with Crippen molar-refractivity contribution in [3.05, 3.63) is 28.2 Å². The highest BCUT2D eigenvalue weighted by molar-refractivity contribution is 9.10. The standard InChI is InChI=1S/C10H7BrF5NO2/c11-5-1-6(12)9(13)7(2-5)19-3-8(18)17-4-10(14,15)16/h1-2H,3-4H2,(H,17,18). The predicted molar refractivity (Wildman–Crippen MR) is 58.6 cm³/mol. The van der Waals surface area contributed by atoms with Gasteiger partial charge in [0.05, 0.1) is 0 Å². The quantitative estimate of drug-likeness (QED) is 0.671. The van der Waals surface area contributed by atoms with Gasteiger partial charge >= 0.3 is 6.18 Å². The molecule has 0 saturated carbocycles. The van der Waals surface area contributed by atoms with E-state index in [1.807, 2.05) is 0 Å². The lowest BCUT2D eigenvalue weighted by Gasteiger charge is -2.10. The SMILES string of the molecule is O=C(COc1cc(Br)cc(F)c1F)NCC(F)(F)F.